The zero-order chi connectivity index (χ0) is 10.4. The van der Waals surface area contributed by atoms with E-state index < -0.39 is 5.97 Å². The number of ether oxygens (including phenoxy) is 1. The number of benzene rings is 1. The minimum Gasteiger partial charge on any atom is -0.466 e. The molecule has 1 N–H and O–H groups in total. The number of hydrogen-bond acceptors (Lipinski definition) is 3. The number of esters is 1. The Morgan fingerprint density at radius 1 is 1.50 bits per heavy atom. The van der Waals surface area contributed by atoms with Crippen LogP contribution in [-0.2, 0) is 9.53 Å². The number of carbonyl (C=O) groups is 1. The highest BCUT2D eigenvalue weighted by atomic mass is 19.1. The summed E-state index contributed by atoms with van der Waals surface area (Å²) in [5.41, 5.74) is 0.313. The fraction of sp³-hybridized carbons (Fsp3) is 0.100. The first kappa shape index (κ1) is 10.2. The van der Waals surface area contributed by atoms with E-state index >= 15 is 0 Å². The van der Waals surface area contributed by atoms with Crippen LogP contribution in [-0.4, -0.2) is 13.1 Å². The summed E-state index contributed by atoms with van der Waals surface area (Å²) in [6, 6.07) is 6.17. The first-order valence-electron chi connectivity index (χ1n) is 3.99. The third kappa shape index (κ3) is 2.90. The van der Waals surface area contributed by atoms with Crippen LogP contribution in [0.25, 0.3) is 0 Å². The molecule has 0 aromatic heterocycles. The van der Waals surface area contributed by atoms with Gasteiger partial charge in [-0.2, -0.15) is 0 Å². The van der Waals surface area contributed by atoms with E-state index in [0.29, 0.717) is 5.69 Å². The van der Waals surface area contributed by atoms with Gasteiger partial charge in [0.2, 0.25) is 0 Å². The number of anilines is 1. The smallest absolute Gasteiger partial charge is 0.331 e. The van der Waals surface area contributed by atoms with Gasteiger partial charge in [-0.25, -0.2) is 9.18 Å². The zero-order valence-electron chi connectivity index (χ0n) is 7.66. The van der Waals surface area contributed by atoms with E-state index in [9.17, 15) is 9.18 Å². The van der Waals surface area contributed by atoms with Crippen molar-refractivity contribution in [1.82, 2.24) is 0 Å². The molecule has 0 spiro atoms. The van der Waals surface area contributed by atoms with Crippen LogP contribution in [0.1, 0.15) is 0 Å². The SMILES string of the molecule is COC(=O)/C=C/Nc1ccccc1F. The molecule has 74 valence electrons. The van der Waals surface area contributed by atoms with Gasteiger partial charge >= 0.3 is 5.97 Å². The van der Waals surface area contributed by atoms with E-state index in [2.05, 4.69) is 10.1 Å². The van der Waals surface area contributed by atoms with Crippen molar-refractivity contribution in [2.24, 2.45) is 0 Å². The van der Waals surface area contributed by atoms with Crippen molar-refractivity contribution in [1.29, 1.82) is 0 Å². The van der Waals surface area contributed by atoms with E-state index in [1.807, 2.05) is 0 Å². The highest BCUT2D eigenvalue weighted by Crippen LogP contribution is 2.11. The number of methoxy groups -OCH3 is 1. The molecule has 3 nitrogen and oxygen atoms in total. The molecule has 0 aliphatic carbocycles. The maximum atomic E-state index is 13.0. The summed E-state index contributed by atoms with van der Waals surface area (Å²) in [5.74, 6) is -0.865. The molecule has 0 fully saturated rings. The molecule has 1 rings (SSSR count). The number of hydrogen-bond donors (Lipinski definition) is 1. The Morgan fingerprint density at radius 2 is 2.21 bits per heavy atom. The van der Waals surface area contributed by atoms with Crippen molar-refractivity contribution < 1.29 is 13.9 Å². The van der Waals surface area contributed by atoms with Gasteiger partial charge in [0.25, 0.3) is 0 Å². The quantitative estimate of drug-likeness (QED) is 0.591. The lowest BCUT2D eigenvalue weighted by atomic mass is 10.3. The third-order valence-corrected chi connectivity index (χ3v) is 1.53. The van der Waals surface area contributed by atoms with Gasteiger partial charge in [-0.1, -0.05) is 12.1 Å². The highest BCUT2D eigenvalue weighted by Gasteiger charge is 1.96. The summed E-state index contributed by atoms with van der Waals surface area (Å²) in [4.78, 5) is 10.6. The van der Waals surface area contributed by atoms with E-state index in [4.69, 9.17) is 0 Å². The van der Waals surface area contributed by atoms with E-state index in [1.165, 1.54) is 25.5 Å². The van der Waals surface area contributed by atoms with Gasteiger partial charge in [0.1, 0.15) is 5.82 Å². The average molecular weight is 195 g/mol. The van der Waals surface area contributed by atoms with Gasteiger partial charge in [0.15, 0.2) is 0 Å². The van der Waals surface area contributed by atoms with Crippen LogP contribution < -0.4 is 5.32 Å². The van der Waals surface area contributed by atoms with Gasteiger partial charge in [0.05, 0.1) is 12.8 Å². The molecule has 0 saturated carbocycles. The predicted octanol–water partition coefficient (Wildman–Crippen LogP) is 1.92. The summed E-state index contributed by atoms with van der Waals surface area (Å²) in [5, 5.41) is 2.62. The Balaban J connectivity index is 2.58. The molecule has 0 heterocycles. The Bertz CT molecular complexity index is 350. The first-order chi connectivity index (χ1) is 6.74. The molecule has 0 unspecified atom stereocenters. The minimum absolute atomic E-state index is 0.313. The van der Waals surface area contributed by atoms with Gasteiger partial charge in [-0.15, -0.1) is 0 Å². The van der Waals surface area contributed by atoms with Gasteiger partial charge in [0, 0.05) is 12.3 Å². The zero-order valence-corrected chi connectivity index (χ0v) is 7.66. The molecule has 0 aliphatic heterocycles. The highest BCUT2D eigenvalue weighted by molar-refractivity contribution is 5.82. The summed E-state index contributed by atoms with van der Waals surface area (Å²) < 4.78 is 17.3. The molecule has 14 heavy (non-hydrogen) atoms. The fourth-order valence-corrected chi connectivity index (χ4v) is 0.846. The summed E-state index contributed by atoms with van der Waals surface area (Å²) >= 11 is 0. The van der Waals surface area contributed by atoms with Crippen LogP contribution in [0.15, 0.2) is 36.5 Å². The van der Waals surface area contributed by atoms with Crippen molar-refractivity contribution in [3.05, 3.63) is 42.4 Å². The van der Waals surface area contributed by atoms with Gasteiger partial charge in [-0.05, 0) is 12.1 Å². The van der Waals surface area contributed by atoms with Crippen molar-refractivity contribution in [2.75, 3.05) is 12.4 Å². The Morgan fingerprint density at radius 3 is 2.86 bits per heavy atom. The van der Waals surface area contributed by atoms with Crippen molar-refractivity contribution in [3.63, 3.8) is 0 Å². The van der Waals surface area contributed by atoms with Crippen LogP contribution >= 0.6 is 0 Å². The lowest BCUT2D eigenvalue weighted by molar-refractivity contribution is -0.134. The molecule has 1 aromatic rings. The Kier molecular flexibility index (Phi) is 3.67. The maximum absolute atomic E-state index is 13.0. The molecule has 0 atom stereocenters. The maximum Gasteiger partial charge on any atom is 0.331 e. The molecule has 0 amide bonds. The predicted molar refractivity (Wildman–Crippen MR) is 51.2 cm³/mol. The Labute approximate surface area is 81.2 Å². The second-order valence-electron chi connectivity index (χ2n) is 2.48. The number of para-hydroxylation sites is 1. The number of nitrogens with one attached hydrogen (secondary N) is 1. The minimum atomic E-state index is -0.492. The number of halogens is 1. The third-order valence-electron chi connectivity index (χ3n) is 1.53. The Hall–Kier alpha value is -1.84. The lowest BCUT2D eigenvalue weighted by Gasteiger charge is -2.00. The first-order valence-corrected chi connectivity index (χ1v) is 3.99. The van der Waals surface area contributed by atoms with Gasteiger partial charge in [-0.3, -0.25) is 0 Å². The summed E-state index contributed by atoms with van der Waals surface area (Å²) in [6.07, 6.45) is 2.50. The molecule has 4 heteroatoms. The second kappa shape index (κ2) is 5.01. The fourth-order valence-electron chi connectivity index (χ4n) is 0.846. The summed E-state index contributed by atoms with van der Waals surface area (Å²) in [6.45, 7) is 0. The van der Waals surface area contributed by atoms with Gasteiger partial charge < -0.3 is 10.1 Å². The van der Waals surface area contributed by atoms with Crippen molar-refractivity contribution >= 4 is 11.7 Å². The number of rotatable bonds is 3. The molecule has 1 aromatic carbocycles. The molecule has 0 bridgehead atoms. The van der Waals surface area contributed by atoms with E-state index in [1.54, 1.807) is 18.2 Å². The number of carbonyl (C=O) groups excluding carboxylic acids is 1. The topological polar surface area (TPSA) is 38.3 Å². The summed E-state index contributed by atoms with van der Waals surface area (Å²) in [7, 11) is 1.27. The van der Waals surface area contributed by atoms with Crippen LogP contribution in [0.4, 0.5) is 10.1 Å². The lowest BCUT2D eigenvalue weighted by Crippen LogP contribution is -1.97. The van der Waals surface area contributed by atoms with Crippen molar-refractivity contribution in [2.45, 2.75) is 0 Å². The van der Waals surface area contributed by atoms with Crippen LogP contribution in [0.5, 0.6) is 0 Å². The molecular formula is C10H10FNO2. The van der Waals surface area contributed by atoms with E-state index in [-0.39, 0.29) is 5.82 Å². The van der Waals surface area contributed by atoms with Crippen LogP contribution in [0.3, 0.4) is 0 Å². The van der Waals surface area contributed by atoms with Crippen LogP contribution in [0.2, 0.25) is 0 Å². The van der Waals surface area contributed by atoms with Crippen molar-refractivity contribution in [3.8, 4) is 0 Å². The average Bonchev–Trinajstić information content (AvgIpc) is 2.20. The monoisotopic (exact) mass is 195 g/mol. The standard InChI is InChI=1S/C10H10FNO2/c1-14-10(13)6-7-12-9-5-3-2-4-8(9)11/h2-7,12H,1H3/b7-6+. The van der Waals surface area contributed by atoms with E-state index in [0.717, 1.165) is 0 Å². The molecule has 0 radical (unpaired) electrons. The van der Waals surface area contributed by atoms with Crippen LogP contribution in [0, 0.1) is 5.82 Å². The largest absolute Gasteiger partial charge is 0.466 e. The molecule has 0 saturated heterocycles. The second-order valence-corrected chi connectivity index (χ2v) is 2.48. The molecule has 0 aliphatic rings. The normalized spacial score (nSPS) is 10.1. The molecular weight excluding hydrogens is 185 g/mol.